The minimum Gasteiger partial charge on any atom is -0.482 e. The number of oxime groups is 2. The molecule has 3 aliphatic heterocycles. The lowest BCUT2D eigenvalue weighted by atomic mass is 9.48. The first kappa shape index (κ1) is 46.9. The monoisotopic (exact) mass is 866 g/mol. The van der Waals surface area contributed by atoms with Crippen molar-refractivity contribution in [3.8, 4) is 17.2 Å². The average molecular weight is 867 g/mol. The highest BCUT2D eigenvalue weighted by molar-refractivity contribution is 6.26. The predicted molar refractivity (Wildman–Crippen MR) is 229 cm³/mol. The molecule has 1 spiro atoms. The van der Waals surface area contributed by atoms with Gasteiger partial charge in [-0.2, -0.15) is 0 Å². The van der Waals surface area contributed by atoms with Crippen molar-refractivity contribution in [1.82, 2.24) is 0 Å². The highest BCUT2D eigenvalue weighted by atomic mass is 35.5. The Labute approximate surface area is 361 Å². The van der Waals surface area contributed by atoms with Crippen LogP contribution in [0.1, 0.15) is 110 Å². The van der Waals surface area contributed by atoms with Gasteiger partial charge in [0.05, 0.1) is 30.1 Å². The predicted octanol–water partition coefficient (Wildman–Crippen LogP) is 6.82. The fraction of sp³-hybridized carbons (Fsp3) is 0.556. The molecule has 0 radical (unpaired) electrons. The van der Waals surface area contributed by atoms with Gasteiger partial charge < -0.3 is 45.6 Å². The van der Waals surface area contributed by atoms with E-state index in [4.69, 9.17) is 46.8 Å². The Hall–Kier alpha value is -5.15. The van der Waals surface area contributed by atoms with Crippen LogP contribution < -0.4 is 25.7 Å². The van der Waals surface area contributed by atoms with Crippen molar-refractivity contribution < 1.29 is 53.3 Å². The van der Waals surface area contributed by atoms with Crippen molar-refractivity contribution >= 4 is 52.9 Å². The average Bonchev–Trinajstić information content (AvgIpc) is 3.38. The normalized spacial score (nSPS) is 29.5. The number of methoxy groups -OCH3 is 1. The molecule has 1 aliphatic carbocycles. The van der Waals surface area contributed by atoms with Gasteiger partial charge in [-0.05, 0) is 92.7 Å². The maximum Gasteiger partial charge on any atom is 0.333 e. The Bertz CT molecular complexity index is 2160. The molecule has 15 nitrogen and oxygen atoms in total. The summed E-state index contributed by atoms with van der Waals surface area (Å²) in [5.41, 5.74) is 9.50. The van der Waals surface area contributed by atoms with Gasteiger partial charge in [-0.3, -0.25) is 14.4 Å². The fourth-order valence-corrected chi connectivity index (χ4v) is 9.75. The molecule has 6 N–H and O–H groups in total. The first-order valence-electron chi connectivity index (χ1n) is 20.3. The Morgan fingerprint density at radius 3 is 2.15 bits per heavy atom. The van der Waals surface area contributed by atoms with Crippen LogP contribution in [-0.2, 0) is 30.3 Å². The summed E-state index contributed by atoms with van der Waals surface area (Å²) in [5, 5.41) is 26.6. The Kier molecular flexibility index (Phi) is 13.3. The molecule has 3 heterocycles. The SMILES string of the molecule is COC(=O)/C(C)=C\CC12OC(C)(C)C(C)C13Oc1c(CC=C(C)C)c4c(c(OC(=O)CCl)c1C(=O)C3C(C(/C(N)=N/O)/C(N)=N\O)C(C)C2=O)C=CC(C)(CCC=C(C)C)O4. The minimum atomic E-state index is -1.99. The third-order valence-electron chi connectivity index (χ3n) is 12.9. The van der Waals surface area contributed by atoms with E-state index in [-0.39, 0.29) is 35.5 Å². The van der Waals surface area contributed by atoms with Gasteiger partial charge in [0.2, 0.25) is 0 Å². The van der Waals surface area contributed by atoms with Gasteiger partial charge in [-0.15, -0.1) is 11.6 Å². The zero-order chi connectivity index (χ0) is 45.6. The smallest absolute Gasteiger partial charge is 0.333 e. The van der Waals surface area contributed by atoms with E-state index in [1.807, 2.05) is 46.8 Å². The van der Waals surface area contributed by atoms with Gasteiger partial charge in [-0.1, -0.05) is 53.5 Å². The van der Waals surface area contributed by atoms with Crippen LogP contribution in [0.15, 0.2) is 51.3 Å². The summed E-state index contributed by atoms with van der Waals surface area (Å²) >= 11 is 6.05. The van der Waals surface area contributed by atoms with Crippen LogP contribution in [0, 0.1) is 29.6 Å². The van der Waals surface area contributed by atoms with Crippen LogP contribution in [-0.4, -0.2) is 81.0 Å². The number of ether oxygens (including phenoxy) is 5. The number of hydrogen-bond donors (Lipinski definition) is 4. The molecule has 1 saturated heterocycles. The highest BCUT2D eigenvalue weighted by Crippen LogP contribution is 2.67. The molecule has 332 valence electrons. The number of nitrogens with two attached hydrogens (primary N) is 2. The van der Waals surface area contributed by atoms with Gasteiger partial charge in [0.1, 0.15) is 40.2 Å². The molecule has 16 heteroatoms. The number of hydrogen-bond acceptors (Lipinski definition) is 13. The summed E-state index contributed by atoms with van der Waals surface area (Å²) < 4.78 is 32.4. The maximum absolute atomic E-state index is 16.2. The molecule has 4 aliphatic rings. The number of amidine groups is 2. The number of halogens is 1. The van der Waals surface area contributed by atoms with Crippen molar-refractivity contribution in [1.29, 1.82) is 0 Å². The summed E-state index contributed by atoms with van der Waals surface area (Å²) in [5.74, 6) is -10.5. The highest BCUT2D eigenvalue weighted by Gasteiger charge is 2.81. The van der Waals surface area contributed by atoms with E-state index in [1.165, 1.54) is 20.1 Å². The van der Waals surface area contributed by atoms with Crippen molar-refractivity contribution in [3.63, 3.8) is 0 Å². The third-order valence-corrected chi connectivity index (χ3v) is 13.1. The molecule has 61 heavy (non-hydrogen) atoms. The standard InChI is InChI=1S/C45H59ClN4O11/c1-22(2)13-12-18-43(10)19-17-28-35(59-43)27(15-14-23(3)4)37-32(36(28)58-29(51)21-46)34(52)33-30(31(39(47)49-55)40(48)50-56)25(6)38(53)44(20-16-24(5)41(54)57-11)45(33,60-37)26(7)42(8,9)61-44/h13-14,16-17,19,25-26,30-31,33,55-56H,12,15,18,20-21H2,1-11H3,(H2,47,49)(H2,48,50)/b24-16-. The van der Waals surface area contributed by atoms with E-state index in [0.717, 1.165) is 11.1 Å². The van der Waals surface area contributed by atoms with E-state index in [9.17, 15) is 20.0 Å². The van der Waals surface area contributed by atoms with E-state index in [2.05, 4.69) is 16.4 Å². The van der Waals surface area contributed by atoms with Crippen LogP contribution in [0.3, 0.4) is 0 Å². The Morgan fingerprint density at radius 1 is 0.967 bits per heavy atom. The van der Waals surface area contributed by atoms with Gasteiger partial charge in [-0.25, -0.2) is 4.79 Å². The van der Waals surface area contributed by atoms with Crippen molar-refractivity contribution in [3.05, 3.63) is 57.7 Å². The summed E-state index contributed by atoms with van der Waals surface area (Å²) in [4.78, 5) is 57.9. The second-order valence-corrected chi connectivity index (χ2v) is 18.0. The number of fused-ring (bicyclic) bond motifs is 2. The quantitative estimate of drug-likeness (QED) is 0.0184. The van der Waals surface area contributed by atoms with Crippen molar-refractivity contribution in [2.75, 3.05) is 13.0 Å². The van der Waals surface area contributed by atoms with Gasteiger partial charge in [0.25, 0.3) is 0 Å². The Morgan fingerprint density at radius 2 is 1.59 bits per heavy atom. The van der Waals surface area contributed by atoms with E-state index in [1.54, 1.807) is 33.8 Å². The molecule has 2 fully saturated rings. The lowest BCUT2D eigenvalue weighted by Crippen LogP contribution is -2.76. The molecular formula is C45H59ClN4O11. The fourth-order valence-electron chi connectivity index (χ4n) is 9.70. The summed E-state index contributed by atoms with van der Waals surface area (Å²) in [6, 6.07) is 0. The lowest BCUT2D eigenvalue weighted by Gasteiger charge is -2.59. The third kappa shape index (κ3) is 7.83. The number of ketones is 2. The van der Waals surface area contributed by atoms with E-state index >= 15 is 9.59 Å². The van der Waals surface area contributed by atoms with Crippen molar-refractivity contribution in [2.45, 2.75) is 117 Å². The molecule has 8 atom stereocenters. The van der Waals surface area contributed by atoms with E-state index in [0.29, 0.717) is 29.7 Å². The van der Waals surface area contributed by atoms with E-state index < -0.39 is 93.1 Å². The molecule has 1 aromatic rings. The van der Waals surface area contributed by atoms with Gasteiger partial charge in [0.15, 0.2) is 28.5 Å². The first-order chi connectivity index (χ1) is 28.5. The van der Waals surface area contributed by atoms with Crippen molar-refractivity contribution in [2.24, 2.45) is 51.4 Å². The molecule has 8 unspecified atom stereocenters. The number of Topliss-reactive ketones (excluding diaryl/α,β-unsaturated/α-hetero) is 2. The minimum absolute atomic E-state index is 0.00624. The molecular weight excluding hydrogens is 808 g/mol. The maximum atomic E-state index is 16.2. The van der Waals surface area contributed by atoms with Gasteiger partial charge >= 0.3 is 11.9 Å². The number of allylic oxidation sites excluding steroid dienone is 4. The number of carbonyl (C=O) groups is 4. The van der Waals surface area contributed by atoms with Gasteiger partial charge in [0, 0.05) is 29.4 Å². The molecule has 0 aromatic heterocycles. The number of nitrogens with zero attached hydrogens (tertiary/aromatic N) is 2. The number of carbonyl (C=O) groups excluding carboxylic acids is 4. The number of benzene rings is 1. The number of rotatable bonds is 13. The van der Waals surface area contributed by atoms with Crippen LogP contribution in [0.5, 0.6) is 17.2 Å². The molecule has 0 amide bonds. The van der Waals surface area contributed by atoms with Crippen LogP contribution in [0.4, 0.5) is 0 Å². The summed E-state index contributed by atoms with van der Waals surface area (Å²) in [6.45, 7) is 18.2. The van der Waals surface area contributed by atoms with Crippen LogP contribution in [0.2, 0.25) is 0 Å². The second kappa shape index (κ2) is 17.3. The summed E-state index contributed by atoms with van der Waals surface area (Å²) in [7, 11) is 1.23. The topological polar surface area (TPSA) is 232 Å². The molecule has 1 saturated carbocycles. The second-order valence-electron chi connectivity index (χ2n) is 17.7. The Balaban J connectivity index is 2.00. The largest absolute Gasteiger partial charge is 0.482 e. The van der Waals surface area contributed by atoms with Crippen LogP contribution in [0.25, 0.3) is 6.08 Å². The molecule has 0 bridgehead atoms. The number of esters is 2. The molecule has 5 rings (SSSR count). The first-order valence-corrected chi connectivity index (χ1v) is 20.9. The number of alkyl halides is 1. The summed E-state index contributed by atoms with van der Waals surface area (Å²) in [6.07, 6.45) is 10.4. The lowest BCUT2D eigenvalue weighted by molar-refractivity contribution is -0.199. The molecule has 1 aromatic carbocycles. The van der Waals surface area contributed by atoms with Crippen LogP contribution >= 0.6 is 11.6 Å². The zero-order valence-electron chi connectivity index (χ0n) is 36.8. The zero-order valence-corrected chi connectivity index (χ0v) is 37.6.